The van der Waals surface area contributed by atoms with Crippen LogP contribution in [0.25, 0.3) is 0 Å². The lowest BCUT2D eigenvalue weighted by Gasteiger charge is -2.02. The Bertz CT molecular complexity index is 319. The van der Waals surface area contributed by atoms with E-state index in [0.29, 0.717) is 4.90 Å². The SMILES string of the molecule is CNS(=N)(=O)c1cccnc1. The fourth-order valence-electron chi connectivity index (χ4n) is 0.635. The quantitative estimate of drug-likeness (QED) is 0.685. The molecule has 1 aromatic rings. The molecule has 0 aliphatic carbocycles. The number of pyridine rings is 1. The van der Waals surface area contributed by atoms with Crippen molar-refractivity contribution in [2.24, 2.45) is 0 Å². The van der Waals surface area contributed by atoms with E-state index in [2.05, 4.69) is 9.71 Å². The van der Waals surface area contributed by atoms with Gasteiger partial charge in [-0.05, 0) is 19.2 Å². The molecule has 0 amide bonds. The van der Waals surface area contributed by atoms with Gasteiger partial charge in [-0.15, -0.1) is 0 Å². The minimum atomic E-state index is -2.81. The minimum absolute atomic E-state index is 0.405. The van der Waals surface area contributed by atoms with Crippen molar-refractivity contribution >= 4 is 9.92 Å². The molecule has 60 valence electrons. The Hall–Kier alpha value is -0.940. The van der Waals surface area contributed by atoms with E-state index in [1.807, 2.05) is 0 Å². The van der Waals surface area contributed by atoms with E-state index in [9.17, 15) is 4.21 Å². The van der Waals surface area contributed by atoms with Crippen LogP contribution in [0.15, 0.2) is 29.4 Å². The molecule has 11 heavy (non-hydrogen) atoms. The molecular formula is C6H9N3OS. The molecular weight excluding hydrogens is 162 g/mol. The molecule has 0 saturated heterocycles. The van der Waals surface area contributed by atoms with Crippen molar-refractivity contribution in [3.8, 4) is 0 Å². The zero-order valence-corrected chi connectivity index (χ0v) is 6.89. The van der Waals surface area contributed by atoms with E-state index in [1.54, 1.807) is 18.3 Å². The second kappa shape index (κ2) is 2.98. The first-order valence-corrected chi connectivity index (χ1v) is 4.60. The smallest absolute Gasteiger partial charge is 0.135 e. The van der Waals surface area contributed by atoms with Gasteiger partial charge in [0, 0.05) is 12.4 Å². The van der Waals surface area contributed by atoms with Gasteiger partial charge < -0.3 is 0 Å². The van der Waals surface area contributed by atoms with Crippen LogP contribution in [0.3, 0.4) is 0 Å². The summed E-state index contributed by atoms with van der Waals surface area (Å²) < 4.78 is 21.0. The number of rotatable bonds is 2. The summed E-state index contributed by atoms with van der Waals surface area (Å²) in [6.07, 6.45) is 3.00. The molecule has 1 atom stereocenters. The first-order chi connectivity index (χ1) is 5.17. The first-order valence-electron chi connectivity index (χ1n) is 3.04. The zero-order valence-electron chi connectivity index (χ0n) is 6.07. The van der Waals surface area contributed by atoms with Crippen LogP contribution in [0.2, 0.25) is 0 Å². The van der Waals surface area contributed by atoms with Gasteiger partial charge in [0.1, 0.15) is 9.92 Å². The molecule has 5 heteroatoms. The summed E-state index contributed by atoms with van der Waals surface area (Å²) in [7, 11) is -1.32. The van der Waals surface area contributed by atoms with Crippen LogP contribution in [0.4, 0.5) is 0 Å². The highest BCUT2D eigenvalue weighted by atomic mass is 32.2. The van der Waals surface area contributed by atoms with Gasteiger partial charge in [-0.2, -0.15) is 0 Å². The van der Waals surface area contributed by atoms with E-state index >= 15 is 0 Å². The summed E-state index contributed by atoms with van der Waals surface area (Å²) >= 11 is 0. The van der Waals surface area contributed by atoms with E-state index in [1.165, 1.54) is 13.2 Å². The Kier molecular flexibility index (Phi) is 2.21. The molecule has 0 aliphatic heterocycles. The largest absolute Gasteiger partial charge is 0.263 e. The summed E-state index contributed by atoms with van der Waals surface area (Å²) in [5, 5.41) is 0. The minimum Gasteiger partial charge on any atom is -0.263 e. The molecule has 0 aromatic carbocycles. The maximum atomic E-state index is 11.3. The maximum absolute atomic E-state index is 11.3. The first kappa shape index (κ1) is 8.16. The molecule has 4 nitrogen and oxygen atoms in total. The molecule has 0 radical (unpaired) electrons. The van der Waals surface area contributed by atoms with Crippen molar-refractivity contribution in [3.63, 3.8) is 0 Å². The molecule has 1 heterocycles. The number of hydrogen-bond donors (Lipinski definition) is 2. The van der Waals surface area contributed by atoms with E-state index in [4.69, 9.17) is 4.78 Å². The van der Waals surface area contributed by atoms with Crippen LogP contribution in [0, 0.1) is 4.78 Å². The molecule has 1 aromatic heterocycles. The molecule has 2 N–H and O–H groups in total. The van der Waals surface area contributed by atoms with Crippen molar-refractivity contribution in [1.82, 2.24) is 9.71 Å². The van der Waals surface area contributed by atoms with E-state index in [-0.39, 0.29) is 0 Å². The monoisotopic (exact) mass is 171 g/mol. The summed E-state index contributed by atoms with van der Waals surface area (Å²) in [6.45, 7) is 0. The van der Waals surface area contributed by atoms with Crippen LogP contribution in [-0.2, 0) is 9.92 Å². The summed E-state index contributed by atoms with van der Waals surface area (Å²) in [5.74, 6) is 0. The van der Waals surface area contributed by atoms with E-state index in [0.717, 1.165) is 0 Å². The second-order valence-corrected chi connectivity index (χ2v) is 3.94. The lowest BCUT2D eigenvalue weighted by Crippen LogP contribution is -2.16. The fraction of sp³-hybridized carbons (Fsp3) is 0.167. The Morgan fingerprint density at radius 2 is 2.45 bits per heavy atom. The predicted octanol–water partition coefficient (Wildman–Crippen LogP) is 0.622. The zero-order chi connectivity index (χ0) is 8.32. The Morgan fingerprint density at radius 3 is 2.91 bits per heavy atom. The second-order valence-electron chi connectivity index (χ2n) is 1.95. The average molecular weight is 171 g/mol. The van der Waals surface area contributed by atoms with Crippen molar-refractivity contribution in [3.05, 3.63) is 24.5 Å². The highest BCUT2D eigenvalue weighted by Crippen LogP contribution is 2.04. The number of nitrogens with one attached hydrogen (secondary N) is 2. The Morgan fingerprint density at radius 1 is 1.73 bits per heavy atom. The topological polar surface area (TPSA) is 65.8 Å². The summed E-state index contributed by atoms with van der Waals surface area (Å²) in [4.78, 5) is 4.16. The highest BCUT2D eigenvalue weighted by Gasteiger charge is 2.04. The lowest BCUT2D eigenvalue weighted by molar-refractivity contribution is 0.668. The van der Waals surface area contributed by atoms with Gasteiger partial charge in [0.2, 0.25) is 0 Å². The molecule has 0 spiro atoms. The third-order valence-corrected chi connectivity index (χ3v) is 2.73. The van der Waals surface area contributed by atoms with E-state index < -0.39 is 9.92 Å². The standard InChI is InChI=1S/C6H9N3OS/c1-8-11(7,10)6-3-2-4-9-5-6/h2-5H,1H3,(H2,7,8,10). The molecule has 0 bridgehead atoms. The van der Waals surface area contributed by atoms with Crippen LogP contribution >= 0.6 is 0 Å². The van der Waals surface area contributed by atoms with Crippen LogP contribution in [0.1, 0.15) is 0 Å². The number of hydrogen-bond acceptors (Lipinski definition) is 3. The molecule has 0 fully saturated rings. The van der Waals surface area contributed by atoms with Gasteiger partial charge in [-0.1, -0.05) is 0 Å². The molecule has 0 aliphatic rings. The molecule has 1 rings (SSSR count). The molecule has 1 unspecified atom stereocenters. The van der Waals surface area contributed by atoms with Gasteiger partial charge in [-0.3, -0.25) is 4.98 Å². The van der Waals surface area contributed by atoms with Gasteiger partial charge in [0.25, 0.3) is 0 Å². The lowest BCUT2D eigenvalue weighted by atomic mass is 10.5. The third kappa shape index (κ3) is 1.75. The van der Waals surface area contributed by atoms with Crippen molar-refractivity contribution in [2.75, 3.05) is 7.05 Å². The average Bonchev–Trinajstić information content (AvgIpc) is 2.06. The van der Waals surface area contributed by atoms with Crippen LogP contribution < -0.4 is 4.72 Å². The van der Waals surface area contributed by atoms with Gasteiger partial charge in [0.15, 0.2) is 0 Å². The number of nitrogens with zero attached hydrogens (tertiary/aromatic N) is 1. The van der Waals surface area contributed by atoms with Gasteiger partial charge >= 0.3 is 0 Å². The predicted molar refractivity (Wildman–Crippen MR) is 42.4 cm³/mol. The van der Waals surface area contributed by atoms with Crippen LogP contribution in [-0.4, -0.2) is 16.2 Å². The highest BCUT2D eigenvalue weighted by molar-refractivity contribution is 7.90. The summed E-state index contributed by atoms with van der Waals surface area (Å²) in [5.41, 5.74) is 0. The van der Waals surface area contributed by atoms with Crippen molar-refractivity contribution in [1.29, 1.82) is 4.78 Å². The third-order valence-electron chi connectivity index (χ3n) is 1.25. The maximum Gasteiger partial charge on any atom is 0.135 e. The fourth-order valence-corrected chi connectivity index (χ4v) is 1.35. The number of aromatic nitrogens is 1. The molecule has 0 saturated carbocycles. The van der Waals surface area contributed by atoms with Gasteiger partial charge in [-0.25, -0.2) is 13.7 Å². The Labute approximate surface area is 65.8 Å². The Balaban J connectivity index is 3.14. The normalized spacial score (nSPS) is 15.7. The van der Waals surface area contributed by atoms with Crippen molar-refractivity contribution in [2.45, 2.75) is 4.90 Å². The van der Waals surface area contributed by atoms with Gasteiger partial charge in [0.05, 0.1) is 4.90 Å². The van der Waals surface area contributed by atoms with Crippen molar-refractivity contribution < 1.29 is 4.21 Å². The summed E-state index contributed by atoms with van der Waals surface area (Å²) in [6, 6.07) is 3.26. The van der Waals surface area contributed by atoms with Crippen LogP contribution in [0.5, 0.6) is 0 Å².